The minimum Gasteiger partial charge on any atom is -0.481 e. The molecule has 0 saturated heterocycles. The van der Waals surface area contributed by atoms with Gasteiger partial charge in [0.2, 0.25) is 0 Å². The van der Waals surface area contributed by atoms with Gasteiger partial charge in [0.25, 0.3) is 5.91 Å². The van der Waals surface area contributed by atoms with Crippen LogP contribution in [-0.2, 0) is 23.9 Å². The van der Waals surface area contributed by atoms with E-state index in [1.165, 1.54) is 11.6 Å². The molecule has 0 aromatic heterocycles. The zero-order chi connectivity index (χ0) is 19.2. The first-order valence-corrected chi connectivity index (χ1v) is 8.53. The highest BCUT2D eigenvalue weighted by atomic mass is 19.4. The Balaban J connectivity index is 1.96. The minimum absolute atomic E-state index is 0.0113. The molecule has 1 amide bonds. The highest BCUT2D eigenvalue weighted by Gasteiger charge is 2.30. The molecule has 2 aromatic carbocycles. The van der Waals surface area contributed by atoms with Gasteiger partial charge >= 0.3 is 6.18 Å². The number of hydrogen-bond donors (Lipinski definition) is 1. The monoisotopic (exact) mass is 365 g/mol. The number of halogens is 3. The maximum absolute atomic E-state index is 12.7. The molecule has 0 unspecified atom stereocenters. The highest BCUT2D eigenvalue weighted by molar-refractivity contribution is 5.81. The molecule has 26 heavy (non-hydrogen) atoms. The van der Waals surface area contributed by atoms with Gasteiger partial charge in [0.1, 0.15) is 5.75 Å². The van der Waals surface area contributed by atoms with Crippen LogP contribution in [-0.4, -0.2) is 12.0 Å². The van der Waals surface area contributed by atoms with Gasteiger partial charge in [-0.3, -0.25) is 4.79 Å². The van der Waals surface area contributed by atoms with Gasteiger partial charge in [-0.15, -0.1) is 0 Å². The van der Waals surface area contributed by atoms with E-state index in [1.54, 1.807) is 6.07 Å². The number of aryl methyl sites for hydroxylation is 1. The summed E-state index contributed by atoms with van der Waals surface area (Å²) in [5, 5.41) is 2.64. The predicted octanol–water partition coefficient (Wildman–Crippen LogP) is 4.74. The molecule has 0 spiro atoms. The van der Waals surface area contributed by atoms with Crippen LogP contribution >= 0.6 is 0 Å². The Morgan fingerprint density at radius 3 is 2.35 bits per heavy atom. The lowest BCUT2D eigenvalue weighted by atomic mass is 10.1. The van der Waals surface area contributed by atoms with Crippen molar-refractivity contribution in [2.75, 3.05) is 0 Å². The summed E-state index contributed by atoms with van der Waals surface area (Å²) >= 11 is 0. The van der Waals surface area contributed by atoms with Gasteiger partial charge in [-0.2, -0.15) is 13.2 Å². The molecule has 6 heteroatoms. The lowest BCUT2D eigenvalue weighted by molar-refractivity contribution is -0.137. The summed E-state index contributed by atoms with van der Waals surface area (Å²) in [5.41, 5.74) is 0.818. The van der Waals surface area contributed by atoms with Crippen molar-refractivity contribution in [1.82, 2.24) is 5.32 Å². The van der Waals surface area contributed by atoms with Crippen molar-refractivity contribution in [2.45, 2.75) is 45.5 Å². The molecule has 0 saturated carbocycles. The average Bonchev–Trinajstić information content (AvgIpc) is 2.64. The second-order valence-corrected chi connectivity index (χ2v) is 5.93. The van der Waals surface area contributed by atoms with Crippen LogP contribution in [0.4, 0.5) is 13.2 Å². The molecule has 1 N–H and O–H groups in total. The lowest BCUT2D eigenvalue weighted by Gasteiger charge is -2.18. The number of alkyl halides is 3. The van der Waals surface area contributed by atoms with Crippen LogP contribution in [0.2, 0.25) is 0 Å². The van der Waals surface area contributed by atoms with Crippen LogP contribution in [0.3, 0.4) is 0 Å². The molecular formula is C20H22F3NO2. The number of ether oxygens (including phenoxy) is 1. The standard InChI is InChI=1S/C20H22F3NO2/c1-3-14-8-10-17(11-9-14)26-18(4-2)19(25)24-13-15-6-5-7-16(12-15)20(21,22)23/h5-12,18H,3-4,13H2,1-2H3,(H,24,25)/t18-/m1/s1. The van der Waals surface area contributed by atoms with Crippen molar-refractivity contribution < 1.29 is 22.7 Å². The third-order valence-electron chi connectivity index (χ3n) is 3.99. The van der Waals surface area contributed by atoms with Gasteiger partial charge in [0, 0.05) is 6.54 Å². The zero-order valence-electron chi connectivity index (χ0n) is 14.8. The first-order chi connectivity index (χ1) is 12.3. The van der Waals surface area contributed by atoms with Gasteiger partial charge in [-0.05, 0) is 48.2 Å². The van der Waals surface area contributed by atoms with E-state index in [2.05, 4.69) is 5.32 Å². The normalized spacial score (nSPS) is 12.5. The third-order valence-corrected chi connectivity index (χ3v) is 3.99. The van der Waals surface area contributed by atoms with Crippen LogP contribution < -0.4 is 10.1 Å². The van der Waals surface area contributed by atoms with Gasteiger partial charge in [-0.25, -0.2) is 0 Å². The van der Waals surface area contributed by atoms with Crippen LogP contribution in [0.15, 0.2) is 48.5 Å². The van der Waals surface area contributed by atoms with Crippen LogP contribution in [0, 0.1) is 0 Å². The molecule has 3 nitrogen and oxygen atoms in total. The summed E-state index contributed by atoms with van der Waals surface area (Å²) < 4.78 is 43.9. The number of hydrogen-bond acceptors (Lipinski definition) is 2. The molecule has 0 aliphatic rings. The number of benzene rings is 2. The van der Waals surface area contributed by atoms with Crippen LogP contribution in [0.1, 0.15) is 37.0 Å². The largest absolute Gasteiger partial charge is 0.481 e. The summed E-state index contributed by atoms with van der Waals surface area (Å²) in [6.07, 6.45) is -3.74. The van der Waals surface area contributed by atoms with E-state index < -0.39 is 17.8 Å². The summed E-state index contributed by atoms with van der Waals surface area (Å²) in [5.74, 6) is 0.229. The van der Waals surface area contributed by atoms with Gasteiger partial charge in [0.15, 0.2) is 6.10 Å². The molecule has 2 aromatic rings. The van der Waals surface area contributed by atoms with E-state index in [9.17, 15) is 18.0 Å². The lowest BCUT2D eigenvalue weighted by Crippen LogP contribution is -2.37. The molecule has 0 radical (unpaired) electrons. The number of rotatable bonds is 7. The quantitative estimate of drug-likeness (QED) is 0.770. The summed E-state index contributed by atoms with van der Waals surface area (Å²) in [7, 11) is 0. The molecule has 0 fully saturated rings. The molecule has 0 bridgehead atoms. The van der Waals surface area contributed by atoms with Crippen molar-refractivity contribution in [3.05, 3.63) is 65.2 Å². The molecule has 0 aliphatic carbocycles. The highest BCUT2D eigenvalue weighted by Crippen LogP contribution is 2.29. The fourth-order valence-corrected chi connectivity index (χ4v) is 2.45. The SMILES string of the molecule is CCc1ccc(O[C@H](CC)C(=O)NCc2cccc(C(F)(F)F)c2)cc1. The molecule has 0 heterocycles. The maximum Gasteiger partial charge on any atom is 0.416 e. The minimum atomic E-state index is -4.40. The summed E-state index contributed by atoms with van der Waals surface area (Å²) in [4.78, 5) is 12.3. The smallest absolute Gasteiger partial charge is 0.416 e. The third kappa shape index (κ3) is 5.51. The van der Waals surface area contributed by atoms with E-state index >= 15 is 0 Å². The first-order valence-electron chi connectivity index (χ1n) is 8.53. The molecule has 2 rings (SSSR count). The number of carbonyl (C=O) groups excluding carboxylic acids is 1. The Morgan fingerprint density at radius 1 is 1.08 bits per heavy atom. The van der Waals surface area contributed by atoms with E-state index in [-0.39, 0.29) is 12.5 Å². The van der Waals surface area contributed by atoms with E-state index in [0.717, 1.165) is 18.6 Å². The summed E-state index contributed by atoms with van der Waals surface area (Å²) in [6, 6.07) is 12.4. The van der Waals surface area contributed by atoms with Crippen molar-refractivity contribution >= 4 is 5.91 Å². The molecule has 0 aliphatic heterocycles. The fourth-order valence-electron chi connectivity index (χ4n) is 2.45. The van der Waals surface area contributed by atoms with E-state index in [0.29, 0.717) is 17.7 Å². The molecule has 140 valence electrons. The topological polar surface area (TPSA) is 38.3 Å². The fraction of sp³-hybridized carbons (Fsp3) is 0.350. The maximum atomic E-state index is 12.7. The Kier molecular flexibility index (Phi) is 6.66. The average molecular weight is 365 g/mol. The number of amides is 1. The van der Waals surface area contributed by atoms with Crippen molar-refractivity contribution in [3.63, 3.8) is 0 Å². The predicted molar refractivity (Wildman–Crippen MR) is 93.8 cm³/mol. The van der Waals surface area contributed by atoms with Crippen molar-refractivity contribution in [1.29, 1.82) is 0 Å². The Labute approximate surface area is 151 Å². The Hall–Kier alpha value is -2.50. The van der Waals surface area contributed by atoms with Crippen LogP contribution in [0.5, 0.6) is 5.75 Å². The zero-order valence-corrected chi connectivity index (χ0v) is 14.8. The van der Waals surface area contributed by atoms with Gasteiger partial charge in [-0.1, -0.05) is 38.1 Å². The molecular weight excluding hydrogens is 343 g/mol. The van der Waals surface area contributed by atoms with Crippen LogP contribution in [0.25, 0.3) is 0 Å². The van der Waals surface area contributed by atoms with Crippen molar-refractivity contribution in [2.24, 2.45) is 0 Å². The van der Waals surface area contributed by atoms with E-state index in [4.69, 9.17) is 4.74 Å². The second kappa shape index (κ2) is 8.74. The van der Waals surface area contributed by atoms with Gasteiger partial charge in [0.05, 0.1) is 5.56 Å². The van der Waals surface area contributed by atoms with E-state index in [1.807, 2.05) is 38.1 Å². The van der Waals surface area contributed by atoms with Crippen molar-refractivity contribution in [3.8, 4) is 5.75 Å². The second-order valence-electron chi connectivity index (χ2n) is 5.93. The van der Waals surface area contributed by atoms with Gasteiger partial charge < -0.3 is 10.1 Å². The Morgan fingerprint density at radius 2 is 1.77 bits per heavy atom. The molecule has 1 atom stereocenters. The summed E-state index contributed by atoms with van der Waals surface area (Å²) in [6.45, 7) is 3.87. The first kappa shape index (κ1) is 19.8. The Bertz CT molecular complexity index is 727. The number of nitrogens with one attached hydrogen (secondary N) is 1. The number of carbonyl (C=O) groups is 1.